The number of guanidine groups is 1. The molecule has 0 aliphatic heterocycles. The van der Waals surface area contributed by atoms with Crippen molar-refractivity contribution in [3.8, 4) is 0 Å². The van der Waals surface area contributed by atoms with Crippen molar-refractivity contribution >= 4 is 29.9 Å². The van der Waals surface area contributed by atoms with E-state index in [-0.39, 0.29) is 24.0 Å². The summed E-state index contributed by atoms with van der Waals surface area (Å²) in [5, 5.41) is 11.2. The summed E-state index contributed by atoms with van der Waals surface area (Å²) in [6.45, 7) is 12.2. The quantitative estimate of drug-likeness (QED) is 0.263. The average Bonchev–Trinajstić information content (AvgIpc) is 3.17. The van der Waals surface area contributed by atoms with Gasteiger partial charge in [0.1, 0.15) is 5.76 Å². The van der Waals surface area contributed by atoms with E-state index in [4.69, 9.17) is 4.52 Å². The molecule has 0 aliphatic rings. The second-order valence-corrected chi connectivity index (χ2v) is 7.11. The van der Waals surface area contributed by atoms with Crippen LogP contribution in [0.1, 0.15) is 50.3 Å². The minimum Gasteiger partial charge on any atom is -0.361 e. The molecule has 2 aromatic rings. The maximum Gasteiger partial charge on any atom is 0.191 e. The molecule has 1 aromatic carbocycles. The smallest absolute Gasteiger partial charge is 0.191 e. The Bertz CT molecular complexity index is 722. The maximum absolute atomic E-state index is 5.47. The summed E-state index contributed by atoms with van der Waals surface area (Å²) >= 11 is 0. The summed E-state index contributed by atoms with van der Waals surface area (Å²) in [7, 11) is 1.81. The normalized spacial score (nSPS) is 12.5. The lowest BCUT2D eigenvalue weighted by molar-refractivity contribution is 0.215. The van der Waals surface area contributed by atoms with Crippen LogP contribution >= 0.6 is 24.0 Å². The van der Waals surface area contributed by atoms with E-state index in [2.05, 4.69) is 83.7 Å². The third-order valence-corrected chi connectivity index (χ3v) is 5.41. The van der Waals surface area contributed by atoms with Crippen molar-refractivity contribution in [1.82, 2.24) is 20.7 Å². The summed E-state index contributed by atoms with van der Waals surface area (Å²) in [4.78, 5) is 6.91. The molecule has 0 fully saturated rings. The fourth-order valence-electron chi connectivity index (χ4n) is 3.70. The Labute approximate surface area is 198 Å². The van der Waals surface area contributed by atoms with E-state index in [0.717, 1.165) is 61.9 Å². The Morgan fingerprint density at radius 1 is 1.07 bits per heavy atom. The van der Waals surface area contributed by atoms with Gasteiger partial charge in [-0.25, -0.2) is 0 Å². The van der Waals surface area contributed by atoms with Crippen LogP contribution in [0.3, 0.4) is 0 Å². The number of hydrogen-bond acceptors (Lipinski definition) is 4. The van der Waals surface area contributed by atoms with Crippen LogP contribution in [-0.2, 0) is 25.8 Å². The van der Waals surface area contributed by atoms with Gasteiger partial charge in [0.05, 0.1) is 5.69 Å². The van der Waals surface area contributed by atoms with Crippen LogP contribution in [0.5, 0.6) is 0 Å². The summed E-state index contributed by atoms with van der Waals surface area (Å²) in [6.07, 6.45) is 2.73. The van der Waals surface area contributed by atoms with E-state index in [1.807, 2.05) is 7.05 Å². The summed E-state index contributed by atoms with van der Waals surface area (Å²) in [5.74, 6) is 1.76. The van der Waals surface area contributed by atoms with Gasteiger partial charge in [-0.3, -0.25) is 9.89 Å². The van der Waals surface area contributed by atoms with Crippen LogP contribution in [0.25, 0.3) is 0 Å². The topological polar surface area (TPSA) is 65.7 Å². The first kappa shape index (κ1) is 26.4. The van der Waals surface area contributed by atoms with Crippen LogP contribution in [0.15, 0.2) is 39.8 Å². The van der Waals surface area contributed by atoms with E-state index in [9.17, 15) is 0 Å². The maximum atomic E-state index is 5.47. The first-order valence-electron chi connectivity index (χ1n) is 10.8. The van der Waals surface area contributed by atoms with Crippen LogP contribution in [0.4, 0.5) is 0 Å². The zero-order valence-electron chi connectivity index (χ0n) is 19.1. The largest absolute Gasteiger partial charge is 0.361 e. The van der Waals surface area contributed by atoms with Crippen molar-refractivity contribution in [3.63, 3.8) is 0 Å². The fourth-order valence-corrected chi connectivity index (χ4v) is 3.70. The van der Waals surface area contributed by atoms with E-state index >= 15 is 0 Å². The standard InChI is InChI=1S/C23H37N5O.HI/c1-6-21-20(22(7-2)29-27-21)17-26-23(24-5)25-16-19(28(8-3)9-4)15-18-13-11-10-12-14-18;/h10-14,19H,6-9,15-17H2,1-5H3,(H2,24,25,26);1H. The van der Waals surface area contributed by atoms with Gasteiger partial charge < -0.3 is 15.2 Å². The first-order valence-corrected chi connectivity index (χ1v) is 10.8. The Hall–Kier alpha value is -1.61. The van der Waals surface area contributed by atoms with Crippen LogP contribution in [0.2, 0.25) is 0 Å². The van der Waals surface area contributed by atoms with Crippen molar-refractivity contribution in [1.29, 1.82) is 0 Å². The van der Waals surface area contributed by atoms with Gasteiger partial charge in [-0.05, 0) is 31.5 Å². The molecule has 0 saturated carbocycles. The Morgan fingerprint density at radius 3 is 2.33 bits per heavy atom. The highest BCUT2D eigenvalue weighted by Crippen LogP contribution is 2.15. The number of benzene rings is 1. The molecule has 168 valence electrons. The van der Waals surface area contributed by atoms with E-state index < -0.39 is 0 Å². The number of rotatable bonds is 11. The number of aryl methyl sites for hydroxylation is 2. The summed E-state index contributed by atoms with van der Waals surface area (Å²) < 4.78 is 5.47. The summed E-state index contributed by atoms with van der Waals surface area (Å²) in [5.41, 5.74) is 3.54. The molecule has 0 spiro atoms. The monoisotopic (exact) mass is 527 g/mol. The average molecular weight is 527 g/mol. The fraction of sp³-hybridized carbons (Fsp3) is 0.565. The lowest BCUT2D eigenvalue weighted by Crippen LogP contribution is -2.48. The molecule has 6 nitrogen and oxygen atoms in total. The zero-order valence-corrected chi connectivity index (χ0v) is 21.4. The number of likely N-dealkylation sites (N-methyl/N-ethyl adjacent to an activating group) is 1. The molecule has 2 rings (SSSR count). The minimum absolute atomic E-state index is 0. The number of hydrogen-bond donors (Lipinski definition) is 2. The predicted octanol–water partition coefficient (Wildman–Crippen LogP) is 4.04. The van der Waals surface area contributed by atoms with Crippen molar-refractivity contribution in [3.05, 3.63) is 52.9 Å². The highest BCUT2D eigenvalue weighted by molar-refractivity contribution is 14.0. The molecule has 0 saturated heterocycles. The summed E-state index contributed by atoms with van der Waals surface area (Å²) in [6, 6.07) is 11.1. The van der Waals surface area contributed by atoms with Gasteiger partial charge >= 0.3 is 0 Å². The first-order chi connectivity index (χ1) is 14.2. The Kier molecular flexibility index (Phi) is 12.7. The van der Waals surface area contributed by atoms with Gasteiger partial charge in [-0.1, -0.05) is 63.2 Å². The molecular weight excluding hydrogens is 489 g/mol. The molecule has 0 radical (unpaired) electrons. The number of aromatic nitrogens is 1. The van der Waals surface area contributed by atoms with Gasteiger partial charge in [0.2, 0.25) is 0 Å². The van der Waals surface area contributed by atoms with Gasteiger partial charge in [0.15, 0.2) is 5.96 Å². The highest BCUT2D eigenvalue weighted by atomic mass is 127. The van der Waals surface area contributed by atoms with Gasteiger partial charge in [-0.15, -0.1) is 24.0 Å². The Balaban J connectivity index is 0.00000450. The molecular formula is C23H38IN5O. The van der Waals surface area contributed by atoms with Crippen LogP contribution in [0, 0.1) is 0 Å². The van der Waals surface area contributed by atoms with E-state index in [1.165, 1.54) is 5.56 Å². The molecule has 7 heteroatoms. The number of nitrogens with one attached hydrogen (secondary N) is 2. The second kappa shape index (κ2) is 14.4. The third-order valence-electron chi connectivity index (χ3n) is 5.41. The SMILES string of the molecule is CCc1noc(CC)c1CNC(=NC)NCC(Cc1ccccc1)N(CC)CC.I. The molecule has 1 aromatic heterocycles. The van der Waals surface area contributed by atoms with Gasteiger partial charge in [0.25, 0.3) is 0 Å². The van der Waals surface area contributed by atoms with Crippen LogP contribution < -0.4 is 10.6 Å². The molecule has 1 unspecified atom stereocenters. The molecule has 0 bridgehead atoms. The minimum atomic E-state index is 0. The predicted molar refractivity (Wildman–Crippen MR) is 136 cm³/mol. The molecule has 0 aliphatic carbocycles. The van der Waals surface area contributed by atoms with Crippen LogP contribution in [-0.4, -0.2) is 48.7 Å². The van der Waals surface area contributed by atoms with Crippen molar-refractivity contribution in [2.24, 2.45) is 4.99 Å². The second-order valence-electron chi connectivity index (χ2n) is 7.11. The lowest BCUT2D eigenvalue weighted by Gasteiger charge is -2.30. The van der Waals surface area contributed by atoms with E-state index in [0.29, 0.717) is 12.6 Å². The molecule has 1 heterocycles. The number of halogens is 1. The molecule has 0 amide bonds. The third kappa shape index (κ3) is 7.58. The van der Waals surface area contributed by atoms with Crippen molar-refractivity contribution in [2.75, 3.05) is 26.7 Å². The molecule has 1 atom stereocenters. The van der Waals surface area contributed by atoms with Gasteiger partial charge in [-0.2, -0.15) is 0 Å². The van der Waals surface area contributed by atoms with Crippen molar-refractivity contribution < 1.29 is 4.52 Å². The number of aliphatic imine (C=N–C) groups is 1. The zero-order chi connectivity index (χ0) is 21.1. The molecule has 30 heavy (non-hydrogen) atoms. The van der Waals surface area contributed by atoms with Gasteiger partial charge in [0, 0.05) is 38.2 Å². The lowest BCUT2D eigenvalue weighted by atomic mass is 10.0. The van der Waals surface area contributed by atoms with E-state index in [1.54, 1.807) is 0 Å². The van der Waals surface area contributed by atoms with Crippen molar-refractivity contribution in [2.45, 2.75) is 59.5 Å². The highest BCUT2D eigenvalue weighted by Gasteiger charge is 2.18. The number of nitrogens with zero attached hydrogens (tertiary/aromatic N) is 3. The molecule has 2 N–H and O–H groups in total. The Morgan fingerprint density at radius 2 is 1.77 bits per heavy atom.